The van der Waals surface area contributed by atoms with E-state index in [1.54, 1.807) is 19.1 Å². The van der Waals surface area contributed by atoms with Crippen molar-refractivity contribution in [1.29, 1.82) is 0 Å². The molecule has 3 rings (SSSR count). The molecule has 0 saturated carbocycles. The summed E-state index contributed by atoms with van der Waals surface area (Å²) in [6.45, 7) is 6.05. The van der Waals surface area contributed by atoms with Crippen LogP contribution in [0.2, 0.25) is 0 Å². The Kier molecular flexibility index (Phi) is 7.03. The lowest BCUT2D eigenvalue weighted by atomic mass is 9.89. The number of benzene rings is 2. The normalized spacial score (nSPS) is 17.8. The van der Waals surface area contributed by atoms with Gasteiger partial charge >= 0.3 is 6.09 Å². The highest BCUT2D eigenvalue weighted by molar-refractivity contribution is 5.91. The molecule has 1 aliphatic heterocycles. The van der Waals surface area contributed by atoms with E-state index in [9.17, 15) is 4.79 Å². The molecule has 32 heavy (non-hydrogen) atoms. The summed E-state index contributed by atoms with van der Waals surface area (Å²) in [5.41, 5.74) is 3.08. The SMILES string of the molecule is COc1ccc2c(c1)C(CCCc1ccc(N(C)C)cc1)(OC)CN2C(=O)OC(C)(C)C. The predicted octanol–water partition coefficient (Wildman–Crippen LogP) is 5.38. The highest BCUT2D eigenvalue weighted by atomic mass is 16.6. The van der Waals surface area contributed by atoms with Crippen LogP contribution < -0.4 is 14.5 Å². The smallest absolute Gasteiger partial charge is 0.414 e. The van der Waals surface area contributed by atoms with E-state index in [2.05, 4.69) is 29.2 Å². The molecule has 0 radical (unpaired) electrons. The molecule has 174 valence electrons. The van der Waals surface area contributed by atoms with E-state index in [1.807, 2.05) is 53.1 Å². The van der Waals surface area contributed by atoms with Crippen molar-refractivity contribution in [3.05, 3.63) is 53.6 Å². The summed E-state index contributed by atoms with van der Waals surface area (Å²) in [5.74, 6) is 0.746. The van der Waals surface area contributed by atoms with Crippen molar-refractivity contribution in [3.63, 3.8) is 0 Å². The van der Waals surface area contributed by atoms with Gasteiger partial charge in [0, 0.05) is 32.5 Å². The average molecular weight is 441 g/mol. The number of fused-ring (bicyclic) bond motifs is 1. The molecule has 0 saturated heterocycles. The topological polar surface area (TPSA) is 51.2 Å². The van der Waals surface area contributed by atoms with Gasteiger partial charge in [0.2, 0.25) is 0 Å². The molecule has 0 bridgehead atoms. The van der Waals surface area contributed by atoms with Crippen molar-refractivity contribution >= 4 is 17.5 Å². The number of methoxy groups -OCH3 is 2. The van der Waals surface area contributed by atoms with Crippen LogP contribution in [0.5, 0.6) is 5.75 Å². The first-order valence-electron chi connectivity index (χ1n) is 11.1. The zero-order chi connectivity index (χ0) is 23.5. The summed E-state index contributed by atoms with van der Waals surface area (Å²) in [7, 11) is 7.45. The Hall–Kier alpha value is -2.73. The van der Waals surface area contributed by atoms with E-state index < -0.39 is 11.2 Å². The minimum Gasteiger partial charge on any atom is -0.497 e. The number of hydrogen-bond acceptors (Lipinski definition) is 5. The molecule has 1 atom stereocenters. The molecule has 0 spiro atoms. The van der Waals surface area contributed by atoms with Gasteiger partial charge in [-0.05, 0) is 75.9 Å². The molecule has 6 nitrogen and oxygen atoms in total. The summed E-state index contributed by atoms with van der Waals surface area (Å²) in [5, 5.41) is 0. The van der Waals surface area contributed by atoms with Crippen LogP contribution in [0.25, 0.3) is 0 Å². The molecular weight excluding hydrogens is 404 g/mol. The number of aryl methyl sites for hydroxylation is 1. The van der Waals surface area contributed by atoms with Crippen molar-refractivity contribution in [1.82, 2.24) is 0 Å². The van der Waals surface area contributed by atoms with Gasteiger partial charge in [-0.1, -0.05) is 12.1 Å². The molecule has 6 heteroatoms. The van der Waals surface area contributed by atoms with Crippen molar-refractivity contribution in [2.45, 2.75) is 51.2 Å². The van der Waals surface area contributed by atoms with Gasteiger partial charge in [0.15, 0.2) is 0 Å². The standard InChI is InChI=1S/C26H36N2O4/c1-25(2,3)32-24(29)28-18-26(31-7,22-17-21(30-6)14-15-23(22)28)16-8-9-19-10-12-20(13-11-19)27(4)5/h10-15,17H,8-9,16,18H2,1-7H3. The van der Waals surface area contributed by atoms with E-state index in [1.165, 1.54) is 11.3 Å². The van der Waals surface area contributed by atoms with Crippen molar-refractivity contribution in [2.75, 3.05) is 44.7 Å². The van der Waals surface area contributed by atoms with Crippen molar-refractivity contribution < 1.29 is 19.0 Å². The molecule has 0 aliphatic carbocycles. The molecule has 0 N–H and O–H groups in total. The Morgan fingerprint density at radius 1 is 1.09 bits per heavy atom. The summed E-state index contributed by atoms with van der Waals surface area (Å²) >= 11 is 0. The van der Waals surface area contributed by atoms with Gasteiger partial charge in [-0.25, -0.2) is 4.79 Å². The van der Waals surface area contributed by atoms with Crippen molar-refractivity contribution in [3.8, 4) is 5.75 Å². The van der Waals surface area contributed by atoms with Gasteiger partial charge < -0.3 is 19.1 Å². The Morgan fingerprint density at radius 3 is 2.34 bits per heavy atom. The molecule has 0 fully saturated rings. The van der Waals surface area contributed by atoms with Crippen LogP contribution in [0, 0.1) is 0 Å². The number of carbonyl (C=O) groups excluding carboxylic acids is 1. The number of hydrogen-bond donors (Lipinski definition) is 0. The van der Waals surface area contributed by atoms with Gasteiger partial charge in [0.05, 0.1) is 19.3 Å². The average Bonchev–Trinajstić information content (AvgIpc) is 3.07. The van der Waals surface area contributed by atoms with E-state index in [0.29, 0.717) is 6.54 Å². The molecule has 0 aromatic heterocycles. The first-order chi connectivity index (χ1) is 15.1. The second-order valence-electron chi connectivity index (χ2n) is 9.56. The summed E-state index contributed by atoms with van der Waals surface area (Å²) in [4.78, 5) is 16.8. The molecule has 1 heterocycles. The maximum absolute atomic E-state index is 13.0. The maximum Gasteiger partial charge on any atom is 0.414 e. The first-order valence-corrected chi connectivity index (χ1v) is 11.1. The lowest BCUT2D eigenvalue weighted by molar-refractivity contribution is -0.0115. The van der Waals surface area contributed by atoms with Crippen LogP contribution in [0.1, 0.15) is 44.7 Å². The van der Waals surface area contributed by atoms with Crippen LogP contribution in [-0.4, -0.2) is 46.6 Å². The molecule has 1 aliphatic rings. The monoisotopic (exact) mass is 440 g/mol. The number of rotatable bonds is 7. The van der Waals surface area contributed by atoms with Crippen molar-refractivity contribution in [2.24, 2.45) is 0 Å². The number of nitrogens with zero attached hydrogens (tertiary/aromatic N) is 2. The van der Waals surface area contributed by atoms with Crippen LogP contribution in [0.3, 0.4) is 0 Å². The third-order valence-electron chi connectivity index (χ3n) is 5.90. The minimum absolute atomic E-state index is 0.359. The Morgan fingerprint density at radius 2 is 1.78 bits per heavy atom. The number of carbonyl (C=O) groups is 1. The van der Waals surface area contributed by atoms with E-state index in [0.717, 1.165) is 36.3 Å². The quantitative estimate of drug-likeness (QED) is 0.578. The van der Waals surface area contributed by atoms with E-state index in [-0.39, 0.29) is 6.09 Å². The second-order valence-corrected chi connectivity index (χ2v) is 9.56. The zero-order valence-corrected chi connectivity index (χ0v) is 20.4. The molecular formula is C26H36N2O4. The largest absolute Gasteiger partial charge is 0.497 e. The van der Waals surface area contributed by atoms with Crippen LogP contribution in [0.15, 0.2) is 42.5 Å². The van der Waals surface area contributed by atoms with Crippen LogP contribution in [0.4, 0.5) is 16.2 Å². The number of amides is 1. The van der Waals surface area contributed by atoms with Gasteiger partial charge in [-0.15, -0.1) is 0 Å². The maximum atomic E-state index is 13.0. The zero-order valence-electron chi connectivity index (χ0n) is 20.4. The van der Waals surface area contributed by atoms with Gasteiger partial charge in [0.1, 0.15) is 17.0 Å². The molecule has 1 unspecified atom stereocenters. The third-order valence-corrected chi connectivity index (χ3v) is 5.90. The lowest BCUT2D eigenvalue weighted by Crippen LogP contribution is -2.41. The fourth-order valence-electron chi connectivity index (χ4n) is 4.18. The highest BCUT2D eigenvalue weighted by Crippen LogP contribution is 2.46. The lowest BCUT2D eigenvalue weighted by Gasteiger charge is -2.30. The summed E-state index contributed by atoms with van der Waals surface area (Å²) in [6.07, 6.45) is 2.28. The third kappa shape index (κ3) is 5.18. The number of ether oxygens (including phenoxy) is 3. The Bertz CT molecular complexity index is 934. The summed E-state index contributed by atoms with van der Waals surface area (Å²) < 4.78 is 17.2. The Labute approximate surface area is 192 Å². The molecule has 2 aromatic carbocycles. The van der Waals surface area contributed by atoms with Gasteiger partial charge in [0.25, 0.3) is 0 Å². The highest BCUT2D eigenvalue weighted by Gasteiger charge is 2.46. The van der Waals surface area contributed by atoms with Crippen LogP contribution >= 0.6 is 0 Å². The molecule has 1 amide bonds. The fraction of sp³-hybridized carbons (Fsp3) is 0.500. The fourth-order valence-corrected chi connectivity index (χ4v) is 4.18. The van der Waals surface area contributed by atoms with E-state index in [4.69, 9.17) is 14.2 Å². The summed E-state index contributed by atoms with van der Waals surface area (Å²) in [6, 6.07) is 14.4. The van der Waals surface area contributed by atoms with Gasteiger partial charge in [-0.3, -0.25) is 4.90 Å². The van der Waals surface area contributed by atoms with Gasteiger partial charge in [-0.2, -0.15) is 0 Å². The molecule has 2 aromatic rings. The minimum atomic E-state index is -0.607. The number of anilines is 2. The van der Waals surface area contributed by atoms with Crippen LogP contribution in [-0.2, 0) is 21.5 Å². The predicted molar refractivity (Wildman–Crippen MR) is 129 cm³/mol. The first kappa shape index (κ1) is 23.9. The van der Waals surface area contributed by atoms with E-state index >= 15 is 0 Å². The second kappa shape index (κ2) is 9.41. The Balaban J connectivity index is 1.82.